The van der Waals surface area contributed by atoms with Gasteiger partial charge in [0.05, 0.1) is 20.3 Å². The topological polar surface area (TPSA) is 79.9 Å². The minimum absolute atomic E-state index is 0.267. The summed E-state index contributed by atoms with van der Waals surface area (Å²) in [4.78, 5) is 28.2. The molecule has 0 bridgehead atoms. The highest BCUT2D eigenvalue weighted by Gasteiger charge is 2.34. The Hall–Kier alpha value is -4.00. The average Bonchev–Trinajstić information content (AvgIpc) is 2.89. The summed E-state index contributed by atoms with van der Waals surface area (Å²) in [5.41, 5.74) is 5.83. The third kappa shape index (κ3) is 5.15. The summed E-state index contributed by atoms with van der Waals surface area (Å²) < 4.78 is 11.1. The Morgan fingerprint density at radius 1 is 0.972 bits per heavy atom. The molecule has 0 aromatic heterocycles. The van der Waals surface area contributed by atoms with E-state index in [-0.39, 0.29) is 18.0 Å². The van der Waals surface area contributed by atoms with Gasteiger partial charge in [0, 0.05) is 12.2 Å². The van der Waals surface area contributed by atoms with Gasteiger partial charge in [0.15, 0.2) is 11.5 Å². The SMILES string of the molecule is COc1cc2c(cc1OC)C(c1ccccc1)N(C(=O)NC(C)C(=O)Nc1cc(C)ccc1C)CC2. The Morgan fingerprint density at radius 3 is 2.36 bits per heavy atom. The zero-order chi connectivity index (χ0) is 25.8. The molecular weight excluding hydrogens is 454 g/mol. The van der Waals surface area contributed by atoms with Crippen LogP contribution in [0.5, 0.6) is 11.5 Å². The van der Waals surface area contributed by atoms with Gasteiger partial charge in [-0.2, -0.15) is 0 Å². The van der Waals surface area contributed by atoms with E-state index in [0.29, 0.717) is 24.5 Å². The maximum Gasteiger partial charge on any atom is 0.318 e. The Balaban J connectivity index is 1.59. The fraction of sp³-hybridized carbons (Fsp3) is 0.310. The zero-order valence-electron chi connectivity index (χ0n) is 21.4. The number of carbonyl (C=O) groups is 2. The molecule has 0 saturated carbocycles. The number of benzene rings is 3. The van der Waals surface area contributed by atoms with Crippen LogP contribution in [-0.4, -0.2) is 43.6 Å². The number of carbonyl (C=O) groups excluding carboxylic acids is 2. The molecule has 0 fully saturated rings. The standard InChI is InChI=1S/C29H33N3O4/c1-18-11-12-19(2)24(15-18)31-28(33)20(3)30-29(34)32-14-13-22-16-25(35-4)26(36-5)17-23(22)27(32)21-9-7-6-8-10-21/h6-12,15-17,20,27H,13-14H2,1-5H3,(H,30,34)(H,31,33). The molecule has 1 heterocycles. The van der Waals surface area contributed by atoms with E-state index >= 15 is 0 Å². The lowest BCUT2D eigenvalue weighted by Crippen LogP contribution is -2.51. The number of anilines is 1. The molecule has 0 saturated heterocycles. The number of amides is 3. The first-order valence-electron chi connectivity index (χ1n) is 12.1. The molecule has 3 aromatic carbocycles. The van der Waals surface area contributed by atoms with Gasteiger partial charge in [-0.1, -0.05) is 42.5 Å². The van der Waals surface area contributed by atoms with Gasteiger partial charge in [0.1, 0.15) is 6.04 Å². The van der Waals surface area contributed by atoms with Crippen molar-refractivity contribution in [1.82, 2.24) is 10.2 Å². The van der Waals surface area contributed by atoms with Crippen LogP contribution in [-0.2, 0) is 11.2 Å². The van der Waals surface area contributed by atoms with Crippen molar-refractivity contribution in [3.05, 3.63) is 88.5 Å². The zero-order valence-corrected chi connectivity index (χ0v) is 21.4. The summed E-state index contributed by atoms with van der Waals surface area (Å²) in [6.45, 7) is 6.11. The molecule has 0 spiro atoms. The van der Waals surface area contributed by atoms with E-state index in [2.05, 4.69) is 10.6 Å². The van der Waals surface area contributed by atoms with Gasteiger partial charge in [0.2, 0.25) is 5.91 Å². The van der Waals surface area contributed by atoms with Gasteiger partial charge in [-0.05, 0) is 73.2 Å². The quantitative estimate of drug-likeness (QED) is 0.513. The van der Waals surface area contributed by atoms with E-state index in [1.165, 1.54) is 0 Å². The molecule has 7 nitrogen and oxygen atoms in total. The maximum absolute atomic E-state index is 13.5. The van der Waals surface area contributed by atoms with Gasteiger partial charge >= 0.3 is 6.03 Å². The number of fused-ring (bicyclic) bond motifs is 1. The third-order valence-corrected chi connectivity index (χ3v) is 6.63. The highest BCUT2D eigenvalue weighted by atomic mass is 16.5. The molecule has 2 unspecified atom stereocenters. The molecule has 3 amide bonds. The van der Waals surface area contributed by atoms with Crippen LogP contribution in [0.4, 0.5) is 10.5 Å². The van der Waals surface area contributed by atoms with Crippen LogP contribution in [0.25, 0.3) is 0 Å². The smallest absolute Gasteiger partial charge is 0.318 e. The fourth-order valence-corrected chi connectivity index (χ4v) is 4.60. The predicted octanol–water partition coefficient (Wildman–Crippen LogP) is 5.00. The predicted molar refractivity (Wildman–Crippen MR) is 141 cm³/mol. The van der Waals surface area contributed by atoms with Crippen molar-refractivity contribution in [3.63, 3.8) is 0 Å². The van der Waals surface area contributed by atoms with Crippen molar-refractivity contribution in [1.29, 1.82) is 0 Å². The Labute approximate surface area is 212 Å². The second kappa shape index (κ2) is 10.7. The Morgan fingerprint density at radius 2 is 1.67 bits per heavy atom. The number of rotatable bonds is 6. The molecule has 0 radical (unpaired) electrons. The van der Waals surface area contributed by atoms with Crippen LogP contribution >= 0.6 is 0 Å². The summed E-state index contributed by atoms with van der Waals surface area (Å²) in [7, 11) is 3.22. The lowest BCUT2D eigenvalue weighted by molar-refractivity contribution is -0.117. The molecule has 0 aliphatic carbocycles. The lowest BCUT2D eigenvalue weighted by atomic mass is 9.88. The molecule has 1 aliphatic heterocycles. The van der Waals surface area contributed by atoms with Crippen LogP contribution in [0.3, 0.4) is 0 Å². The van der Waals surface area contributed by atoms with E-state index in [4.69, 9.17) is 9.47 Å². The molecule has 188 valence electrons. The number of aryl methyl sites for hydroxylation is 2. The molecule has 1 aliphatic rings. The van der Waals surface area contributed by atoms with E-state index < -0.39 is 6.04 Å². The van der Waals surface area contributed by atoms with Crippen molar-refractivity contribution in [2.75, 3.05) is 26.1 Å². The highest BCUT2D eigenvalue weighted by molar-refractivity contribution is 5.97. The van der Waals surface area contributed by atoms with Crippen LogP contribution in [0.15, 0.2) is 60.7 Å². The summed E-state index contributed by atoms with van der Waals surface area (Å²) in [6.07, 6.45) is 0.662. The summed E-state index contributed by atoms with van der Waals surface area (Å²) in [5.74, 6) is 1.01. The van der Waals surface area contributed by atoms with Crippen LogP contribution in [0.2, 0.25) is 0 Å². The molecule has 2 atom stereocenters. The number of nitrogens with zero attached hydrogens (tertiary/aromatic N) is 1. The second-order valence-electron chi connectivity index (χ2n) is 9.14. The van der Waals surface area contributed by atoms with E-state index in [1.54, 1.807) is 26.0 Å². The largest absolute Gasteiger partial charge is 0.493 e. The van der Waals surface area contributed by atoms with Gasteiger partial charge < -0.3 is 25.0 Å². The van der Waals surface area contributed by atoms with Crippen molar-refractivity contribution >= 4 is 17.6 Å². The van der Waals surface area contributed by atoms with Crippen molar-refractivity contribution in [2.45, 2.75) is 39.3 Å². The molecule has 7 heteroatoms. The van der Waals surface area contributed by atoms with E-state index in [1.807, 2.05) is 74.5 Å². The lowest BCUT2D eigenvalue weighted by Gasteiger charge is -2.38. The van der Waals surface area contributed by atoms with Crippen molar-refractivity contribution < 1.29 is 19.1 Å². The average molecular weight is 488 g/mol. The summed E-state index contributed by atoms with van der Waals surface area (Å²) in [6, 6.07) is 18.4. The Kier molecular flexibility index (Phi) is 7.48. The number of hydrogen-bond acceptors (Lipinski definition) is 4. The van der Waals surface area contributed by atoms with Gasteiger partial charge in [-0.25, -0.2) is 4.79 Å². The first-order chi connectivity index (χ1) is 17.3. The molecule has 36 heavy (non-hydrogen) atoms. The molecule has 2 N–H and O–H groups in total. The maximum atomic E-state index is 13.5. The number of hydrogen-bond donors (Lipinski definition) is 2. The highest BCUT2D eigenvalue weighted by Crippen LogP contribution is 2.41. The molecule has 4 rings (SSSR count). The molecule has 3 aromatic rings. The van der Waals surface area contributed by atoms with E-state index in [0.717, 1.165) is 33.5 Å². The first-order valence-corrected chi connectivity index (χ1v) is 12.1. The first kappa shape index (κ1) is 25.1. The Bertz CT molecular complexity index is 1260. The number of ether oxygens (including phenoxy) is 2. The van der Waals surface area contributed by atoms with Crippen molar-refractivity contribution in [2.24, 2.45) is 0 Å². The number of nitrogens with one attached hydrogen (secondary N) is 2. The van der Waals surface area contributed by atoms with Gasteiger partial charge in [-0.15, -0.1) is 0 Å². The van der Waals surface area contributed by atoms with Gasteiger partial charge in [-0.3, -0.25) is 4.79 Å². The van der Waals surface area contributed by atoms with Crippen molar-refractivity contribution in [3.8, 4) is 11.5 Å². The minimum atomic E-state index is -0.722. The van der Waals surface area contributed by atoms with Crippen LogP contribution in [0.1, 0.15) is 40.8 Å². The van der Waals surface area contributed by atoms with Crippen LogP contribution in [0, 0.1) is 13.8 Å². The normalized spacial score (nSPS) is 15.5. The van der Waals surface area contributed by atoms with Gasteiger partial charge in [0.25, 0.3) is 0 Å². The summed E-state index contributed by atoms with van der Waals surface area (Å²) in [5, 5.41) is 5.85. The third-order valence-electron chi connectivity index (χ3n) is 6.63. The molecular formula is C29H33N3O4. The number of methoxy groups -OCH3 is 2. The number of urea groups is 1. The second-order valence-corrected chi connectivity index (χ2v) is 9.14. The summed E-state index contributed by atoms with van der Waals surface area (Å²) >= 11 is 0. The minimum Gasteiger partial charge on any atom is -0.493 e. The fourth-order valence-electron chi connectivity index (χ4n) is 4.60. The monoisotopic (exact) mass is 487 g/mol. The van der Waals surface area contributed by atoms with Crippen LogP contribution < -0.4 is 20.1 Å². The van der Waals surface area contributed by atoms with E-state index in [9.17, 15) is 9.59 Å².